The van der Waals surface area contributed by atoms with Gasteiger partial charge in [0.25, 0.3) is 5.91 Å². The molecular weight excluding hydrogens is 294 g/mol. The molecule has 0 bridgehead atoms. The summed E-state index contributed by atoms with van der Waals surface area (Å²) in [7, 11) is 0. The number of hydrogen-bond donors (Lipinski definition) is 1. The molecule has 3 heterocycles. The van der Waals surface area contributed by atoms with Gasteiger partial charge >= 0.3 is 0 Å². The fourth-order valence-electron chi connectivity index (χ4n) is 2.54. The molecule has 23 heavy (non-hydrogen) atoms. The normalized spacial score (nSPS) is 20.9. The molecular formula is C16H19N5O2. The Labute approximate surface area is 134 Å². The van der Waals surface area contributed by atoms with Crippen molar-refractivity contribution in [2.24, 2.45) is 0 Å². The first kappa shape index (κ1) is 15.5. The van der Waals surface area contributed by atoms with Crippen LogP contribution in [0.2, 0.25) is 0 Å². The fraction of sp³-hybridized carbons (Fsp3) is 0.438. The fourth-order valence-corrected chi connectivity index (χ4v) is 2.54. The Morgan fingerprint density at radius 3 is 2.74 bits per heavy atom. The molecule has 1 saturated heterocycles. The molecule has 1 amide bonds. The standard InChI is InChI=1S/C16H19N5O2/c1-16(5-2-3-7-23-16)15-18-9-12(10-19-15)8-17-14(22)13-4-6-20-21-11-13/h4,6,9-11H,2-3,5,7-8H2,1H3,(H,17,22)/t16-/m0/s1. The molecule has 1 fully saturated rings. The highest BCUT2D eigenvalue weighted by molar-refractivity contribution is 5.93. The number of nitrogens with one attached hydrogen (secondary N) is 1. The first-order valence-corrected chi connectivity index (χ1v) is 7.68. The molecule has 7 heteroatoms. The molecule has 0 spiro atoms. The number of carbonyl (C=O) groups is 1. The maximum absolute atomic E-state index is 11.9. The summed E-state index contributed by atoms with van der Waals surface area (Å²) in [4.78, 5) is 20.8. The number of aromatic nitrogens is 4. The van der Waals surface area contributed by atoms with Crippen molar-refractivity contribution in [3.05, 3.63) is 47.8 Å². The Morgan fingerprint density at radius 1 is 1.26 bits per heavy atom. The lowest BCUT2D eigenvalue weighted by Crippen LogP contribution is -2.32. The van der Waals surface area contributed by atoms with Crippen LogP contribution >= 0.6 is 0 Å². The Balaban J connectivity index is 1.60. The van der Waals surface area contributed by atoms with Gasteiger partial charge in [-0.15, -0.1) is 0 Å². The molecule has 0 aromatic carbocycles. The van der Waals surface area contributed by atoms with Gasteiger partial charge in [-0.1, -0.05) is 0 Å². The van der Waals surface area contributed by atoms with Crippen molar-refractivity contribution in [2.45, 2.75) is 38.3 Å². The van der Waals surface area contributed by atoms with Gasteiger partial charge in [0.1, 0.15) is 5.60 Å². The van der Waals surface area contributed by atoms with Gasteiger partial charge in [0, 0.05) is 31.1 Å². The van der Waals surface area contributed by atoms with E-state index in [-0.39, 0.29) is 5.91 Å². The van der Waals surface area contributed by atoms with Crippen LogP contribution in [0.5, 0.6) is 0 Å². The van der Waals surface area contributed by atoms with Crippen LogP contribution in [0.1, 0.15) is 47.9 Å². The summed E-state index contributed by atoms with van der Waals surface area (Å²) in [6, 6.07) is 1.61. The Morgan fingerprint density at radius 2 is 2.09 bits per heavy atom. The zero-order valence-electron chi connectivity index (χ0n) is 13.0. The van der Waals surface area contributed by atoms with Crippen molar-refractivity contribution in [1.82, 2.24) is 25.5 Å². The van der Waals surface area contributed by atoms with Gasteiger partial charge in [-0.3, -0.25) is 4.79 Å². The van der Waals surface area contributed by atoms with Crippen LogP contribution < -0.4 is 5.32 Å². The van der Waals surface area contributed by atoms with Crippen LogP contribution in [-0.2, 0) is 16.9 Å². The van der Waals surface area contributed by atoms with E-state index < -0.39 is 5.60 Å². The van der Waals surface area contributed by atoms with E-state index in [2.05, 4.69) is 25.5 Å². The summed E-state index contributed by atoms with van der Waals surface area (Å²) in [5, 5.41) is 10.1. The van der Waals surface area contributed by atoms with Gasteiger partial charge in [-0.25, -0.2) is 9.97 Å². The van der Waals surface area contributed by atoms with Gasteiger partial charge in [-0.05, 0) is 32.3 Å². The lowest BCUT2D eigenvalue weighted by atomic mass is 9.95. The van der Waals surface area contributed by atoms with Crippen LogP contribution in [0, 0.1) is 0 Å². The zero-order chi connectivity index (χ0) is 16.1. The molecule has 1 N–H and O–H groups in total. The second-order valence-electron chi connectivity index (χ2n) is 5.77. The van der Waals surface area contributed by atoms with E-state index in [0.717, 1.165) is 31.4 Å². The molecule has 2 aromatic rings. The molecule has 7 nitrogen and oxygen atoms in total. The Bertz CT molecular complexity index is 654. The molecule has 0 aliphatic carbocycles. The molecule has 0 unspecified atom stereocenters. The first-order chi connectivity index (χ1) is 11.2. The van der Waals surface area contributed by atoms with Crippen LogP contribution in [0.3, 0.4) is 0 Å². The first-order valence-electron chi connectivity index (χ1n) is 7.68. The predicted molar refractivity (Wildman–Crippen MR) is 82.4 cm³/mol. The Hall–Kier alpha value is -2.41. The highest BCUT2D eigenvalue weighted by atomic mass is 16.5. The maximum atomic E-state index is 11.9. The third-order valence-electron chi connectivity index (χ3n) is 3.95. The third-order valence-corrected chi connectivity index (χ3v) is 3.95. The summed E-state index contributed by atoms with van der Waals surface area (Å²) in [6.07, 6.45) is 9.51. The quantitative estimate of drug-likeness (QED) is 0.922. The van der Waals surface area contributed by atoms with E-state index in [9.17, 15) is 4.79 Å². The SMILES string of the molecule is C[C@@]1(c2ncc(CNC(=O)c3ccnnc3)cn2)CCCCO1. The second kappa shape index (κ2) is 6.78. The Kier molecular flexibility index (Phi) is 4.57. The topological polar surface area (TPSA) is 89.9 Å². The number of ether oxygens (including phenoxy) is 1. The highest BCUT2D eigenvalue weighted by Crippen LogP contribution is 2.32. The number of rotatable bonds is 4. The van der Waals surface area contributed by atoms with Gasteiger partial charge < -0.3 is 10.1 Å². The average Bonchev–Trinajstić information content (AvgIpc) is 2.61. The summed E-state index contributed by atoms with van der Waals surface area (Å²) in [6.45, 7) is 3.13. The molecule has 1 aliphatic rings. The van der Waals surface area contributed by atoms with E-state index in [1.165, 1.54) is 12.4 Å². The number of carbonyl (C=O) groups excluding carboxylic acids is 1. The van der Waals surface area contributed by atoms with Gasteiger partial charge in [0.15, 0.2) is 5.82 Å². The van der Waals surface area contributed by atoms with E-state index in [0.29, 0.717) is 17.9 Å². The molecule has 1 atom stereocenters. The van der Waals surface area contributed by atoms with Gasteiger partial charge in [0.2, 0.25) is 0 Å². The van der Waals surface area contributed by atoms with Crippen molar-refractivity contribution in [1.29, 1.82) is 0 Å². The van der Waals surface area contributed by atoms with Crippen LogP contribution in [-0.4, -0.2) is 32.7 Å². The largest absolute Gasteiger partial charge is 0.367 e. The predicted octanol–water partition coefficient (Wildman–Crippen LogP) is 1.61. The van der Waals surface area contributed by atoms with Gasteiger partial charge in [0.05, 0.1) is 18.0 Å². The summed E-state index contributed by atoms with van der Waals surface area (Å²) in [5.74, 6) is 0.497. The van der Waals surface area contributed by atoms with E-state index in [4.69, 9.17) is 4.74 Å². The van der Waals surface area contributed by atoms with Crippen molar-refractivity contribution >= 4 is 5.91 Å². The van der Waals surface area contributed by atoms with Crippen LogP contribution in [0.25, 0.3) is 0 Å². The van der Waals surface area contributed by atoms with Crippen molar-refractivity contribution in [3.63, 3.8) is 0 Å². The third kappa shape index (κ3) is 3.68. The number of hydrogen-bond acceptors (Lipinski definition) is 6. The lowest BCUT2D eigenvalue weighted by Gasteiger charge is -2.32. The van der Waals surface area contributed by atoms with Crippen molar-refractivity contribution in [2.75, 3.05) is 6.61 Å². The summed E-state index contributed by atoms with van der Waals surface area (Å²) >= 11 is 0. The molecule has 0 radical (unpaired) electrons. The van der Waals surface area contributed by atoms with Crippen molar-refractivity contribution in [3.8, 4) is 0 Å². The molecule has 120 valence electrons. The minimum atomic E-state index is -0.400. The summed E-state index contributed by atoms with van der Waals surface area (Å²) < 4.78 is 5.84. The van der Waals surface area contributed by atoms with E-state index in [1.54, 1.807) is 18.5 Å². The second-order valence-corrected chi connectivity index (χ2v) is 5.77. The summed E-state index contributed by atoms with van der Waals surface area (Å²) in [5.41, 5.74) is 0.909. The molecule has 0 saturated carbocycles. The monoisotopic (exact) mass is 313 g/mol. The average molecular weight is 313 g/mol. The van der Waals surface area contributed by atoms with E-state index >= 15 is 0 Å². The smallest absolute Gasteiger partial charge is 0.253 e. The lowest BCUT2D eigenvalue weighted by molar-refractivity contribution is -0.0760. The van der Waals surface area contributed by atoms with E-state index in [1.807, 2.05) is 6.92 Å². The molecule has 3 rings (SSSR count). The molecule has 1 aliphatic heterocycles. The minimum Gasteiger partial charge on any atom is -0.367 e. The highest BCUT2D eigenvalue weighted by Gasteiger charge is 2.32. The minimum absolute atomic E-state index is 0.202. The number of nitrogens with zero attached hydrogens (tertiary/aromatic N) is 4. The van der Waals surface area contributed by atoms with Gasteiger partial charge in [-0.2, -0.15) is 10.2 Å². The zero-order valence-corrected chi connectivity index (χ0v) is 13.0. The van der Waals surface area contributed by atoms with Crippen LogP contribution in [0.4, 0.5) is 0 Å². The van der Waals surface area contributed by atoms with Crippen LogP contribution in [0.15, 0.2) is 30.9 Å². The maximum Gasteiger partial charge on any atom is 0.253 e. The molecule has 2 aromatic heterocycles. The number of amides is 1. The van der Waals surface area contributed by atoms with Crippen molar-refractivity contribution < 1.29 is 9.53 Å².